The predicted molar refractivity (Wildman–Crippen MR) is 57.9 cm³/mol. The Balaban J connectivity index is 1.77. The van der Waals surface area contributed by atoms with E-state index in [0.717, 1.165) is 0 Å². The van der Waals surface area contributed by atoms with Crippen molar-refractivity contribution in [2.24, 2.45) is 0 Å². The van der Waals surface area contributed by atoms with Gasteiger partial charge < -0.3 is 24.3 Å². The molecule has 1 aromatic heterocycles. The van der Waals surface area contributed by atoms with Crippen molar-refractivity contribution >= 4 is 5.97 Å². The molecule has 2 heterocycles. The van der Waals surface area contributed by atoms with E-state index in [2.05, 4.69) is 5.32 Å². The van der Waals surface area contributed by atoms with Crippen LogP contribution in [-0.2, 0) is 16.0 Å². The maximum atomic E-state index is 10.8. The van der Waals surface area contributed by atoms with Crippen LogP contribution in [0.25, 0.3) is 0 Å². The van der Waals surface area contributed by atoms with Gasteiger partial charge >= 0.3 is 5.97 Å². The van der Waals surface area contributed by atoms with E-state index in [9.17, 15) is 4.79 Å². The summed E-state index contributed by atoms with van der Waals surface area (Å²) in [5.41, 5.74) is 0.193. The Morgan fingerprint density at radius 1 is 1.53 bits per heavy atom. The van der Waals surface area contributed by atoms with Gasteiger partial charge in [0.2, 0.25) is 0 Å². The van der Waals surface area contributed by atoms with Crippen molar-refractivity contribution in [1.29, 1.82) is 0 Å². The maximum absolute atomic E-state index is 10.8. The van der Waals surface area contributed by atoms with E-state index in [1.807, 2.05) is 0 Å². The molecule has 2 rings (SSSR count). The first-order valence-corrected chi connectivity index (χ1v) is 5.47. The first-order valence-electron chi connectivity index (χ1n) is 5.47. The average molecular weight is 241 g/mol. The number of carbonyl (C=O) groups is 1. The predicted octanol–water partition coefficient (Wildman–Crippen LogP) is 0.483. The number of ether oxygens (including phenoxy) is 2. The van der Waals surface area contributed by atoms with Gasteiger partial charge in [-0.2, -0.15) is 0 Å². The van der Waals surface area contributed by atoms with Crippen LogP contribution in [0, 0.1) is 0 Å². The Morgan fingerprint density at radius 2 is 2.41 bits per heavy atom. The third-order valence-electron chi connectivity index (χ3n) is 2.52. The number of hydrogen-bond donors (Lipinski definition) is 2. The Bertz CT molecular complexity index is 370. The zero-order valence-corrected chi connectivity index (χ0v) is 9.35. The van der Waals surface area contributed by atoms with Gasteiger partial charge in [-0.25, -0.2) is 4.79 Å². The number of carboxylic acids is 1. The molecule has 1 saturated heterocycles. The molecule has 6 heteroatoms. The molecule has 2 N–H and O–H groups in total. The molecule has 1 unspecified atom stereocenters. The van der Waals surface area contributed by atoms with E-state index in [0.29, 0.717) is 38.7 Å². The molecular weight excluding hydrogens is 226 g/mol. The van der Waals surface area contributed by atoms with E-state index in [1.54, 1.807) is 0 Å². The van der Waals surface area contributed by atoms with Crippen molar-refractivity contribution in [1.82, 2.24) is 5.32 Å². The van der Waals surface area contributed by atoms with Crippen molar-refractivity contribution in [3.63, 3.8) is 0 Å². The summed E-state index contributed by atoms with van der Waals surface area (Å²) in [6, 6.07) is 1.44. The summed E-state index contributed by atoms with van der Waals surface area (Å²) in [6.45, 7) is 2.79. The van der Waals surface area contributed by atoms with Crippen LogP contribution in [0.5, 0.6) is 0 Å². The first kappa shape index (κ1) is 12.1. The van der Waals surface area contributed by atoms with Crippen molar-refractivity contribution in [3.8, 4) is 0 Å². The van der Waals surface area contributed by atoms with E-state index in [-0.39, 0.29) is 11.7 Å². The minimum Gasteiger partial charge on any atom is -0.478 e. The quantitative estimate of drug-likeness (QED) is 0.780. The average Bonchev–Trinajstić information content (AvgIpc) is 2.79. The van der Waals surface area contributed by atoms with Gasteiger partial charge in [-0.3, -0.25) is 0 Å². The number of nitrogens with one attached hydrogen (secondary N) is 1. The summed E-state index contributed by atoms with van der Waals surface area (Å²) >= 11 is 0. The van der Waals surface area contributed by atoms with Gasteiger partial charge in [0.05, 0.1) is 38.7 Å². The molecule has 0 spiro atoms. The summed E-state index contributed by atoms with van der Waals surface area (Å²) in [6.07, 6.45) is 1.40. The van der Waals surface area contributed by atoms with Gasteiger partial charge in [0, 0.05) is 6.54 Å². The van der Waals surface area contributed by atoms with Crippen LogP contribution in [0.1, 0.15) is 16.1 Å². The van der Waals surface area contributed by atoms with Crippen LogP contribution in [0.4, 0.5) is 0 Å². The highest BCUT2D eigenvalue weighted by Gasteiger charge is 2.16. The van der Waals surface area contributed by atoms with Gasteiger partial charge in [0.15, 0.2) is 0 Å². The molecule has 6 nitrogen and oxygen atoms in total. The van der Waals surface area contributed by atoms with E-state index in [1.165, 1.54) is 12.3 Å². The van der Waals surface area contributed by atoms with Crippen LogP contribution in [0.15, 0.2) is 16.7 Å². The molecule has 0 amide bonds. The van der Waals surface area contributed by atoms with Gasteiger partial charge in [-0.15, -0.1) is 0 Å². The first-order chi connectivity index (χ1) is 8.27. The van der Waals surface area contributed by atoms with Crippen LogP contribution in [0.3, 0.4) is 0 Å². The molecular formula is C11H15NO5. The van der Waals surface area contributed by atoms with Gasteiger partial charge in [-0.05, 0) is 6.07 Å². The van der Waals surface area contributed by atoms with E-state index >= 15 is 0 Å². The molecule has 0 radical (unpaired) electrons. The lowest BCUT2D eigenvalue weighted by atomic mass is 10.2. The fourth-order valence-corrected chi connectivity index (χ4v) is 1.67. The molecule has 0 bridgehead atoms. The second-order valence-electron chi connectivity index (χ2n) is 3.76. The molecule has 0 aromatic carbocycles. The summed E-state index contributed by atoms with van der Waals surface area (Å²) in [7, 11) is 0. The highest BCUT2D eigenvalue weighted by atomic mass is 16.6. The standard InChI is InChI=1S/C11H15NO5/c13-11(14)9-1-2-17-10(9)6-12-5-8-7-15-3-4-16-8/h1-2,8,12H,3-7H2,(H,13,14). The van der Waals surface area contributed by atoms with Crippen molar-refractivity contribution < 1.29 is 23.8 Å². The van der Waals surface area contributed by atoms with Gasteiger partial charge in [0.1, 0.15) is 11.3 Å². The summed E-state index contributed by atoms with van der Waals surface area (Å²) in [5.74, 6) is -0.554. The second kappa shape index (κ2) is 5.81. The minimum absolute atomic E-state index is 0.0204. The molecule has 1 atom stereocenters. The number of carboxylic acid groups (broad SMARTS) is 1. The number of rotatable bonds is 5. The fraction of sp³-hybridized carbons (Fsp3) is 0.545. The minimum atomic E-state index is -0.979. The zero-order chi connectivity index (χ0) is 12.1. The molecule has 17 heavy (non-hydrogen) atoms. The highest BCUT2D eigenvalue weighted by Crippen LogP contribution is 2.10. The molecule has 1 fully saturated rings. The number of hydrogen-bond acceptors (Lipinski definition) is 5. The smallest absolute Gasteiger partial charge is 0.339 e. The fourth-order valence-electron chi connectivity index (χ4n) is 1.67. The SMILES string of the molecule is O=C(O)c1ccoc1CNCC1COCCO1. The Labute approximate surface area is 98.5 Å². The zero-order valence-electron chi connectivity index (χ0n) is 9.35. The maximum Gasteiger partial charge on any atom is 0.339 e. The Kier molecular flexibility index (Phi) is 4.13. The van der Waals surface area contributed by atoms with E-state index in [4.69, 9.17) is 19.0 Å². The molecule has 1 aliphatic rings. The van der Waals surface area contributed by atoms with Crippen molar-refractivity contribution in [2.75, 3.05) is 26.4 Å². The molecule has 0 saturated carbocycles. The van der Waals surface area contributed by atoms with Crippen LogP contribution < -0.4 is 5.32 Å². The topological polar surface area (TPSA) is 80.9 Å². The van der Waals surface area contributed by atoms with Gasteiger partial charge in [0.25, 0.3) is 0 Å². The van der Waals surface area contributed by atoms with Crippen molar-refractivity contribution in [2.45, 2.75) is 12.6 Å². The number of furan rings is 1. The summed E-state index contributed by atoms with van der Waals surface area (Å²) in [4.78, 5) is 10.8. The van der Waals surface area contributed by atoms with E-state index < -0.39 is 5.97 Å². The lowest BCUT2D eigenvalue weighted by molar-refractivity contribution is -0.0865. The summed E-state index contributed by atoms with van der Waals surface area (Å²) < 4.78 is 15.8. The molecule has 0 aliphatic carbocycles. The molecule has 94 valence electrons. The highest BCUT2D eigenvalue weighted by molar-refractivity contribution is 5.88. The van der Waals surface area contributed by atoms with Crippen LogP contribution in [0.2, 0.25) is 0 Å². The normalized spacial score (nSPS) is 20.4. The second-order valence-corrected chi connectivity index (χ2v) is 3.76. The molecule has 1 aromatic rings. The monoisotopic (exact) mass is 241 g/mol. The summed E-state index contributed by atoms with van der Waals surface area (Å²) in [5, 5.41) is 12.0. The van der Waals surface area contributed by atoms with Gasteiger partial charge in [-0.1, -0.05) is 0 Å². The number of aromatic carboxylic acids is 1. The Hall–Kier alpha value is -1.37. The lowest BCUT2D eigenvalue weighted by Gasteiger charge is -2.22. The van der Waals surface area contributed by atoms with Crippen LogP contribution >= 0.6 is 0 Å². The third-order valence-corrected chi connectivity index (χ3v) is 2.52. The largest absolute Gasteiger partial charge is 0.478 e. The van der Waals surface area contributed by atoms with Crippen LogP contribution in [-0.4, -0.2) is 43.5 Å². The van der Waals surface area contributed by atoms with Crippen molar-refractivity contribution in [3.05, 3.63) is 23.7 Å². The lowest BCUT2D eigenvalue weighted by Crippen LogP contribution is -2.37. The Morgan fingerprint density at radius 3 is 3.12 bits per heavy atom. The molecule has 1 aliphatic heterocycles. The third kappa shape index (κ3) is 3.29.